The van der Waals surface area contributed by atoms with Crippen molar-refractivity contribution < 1.29 is 4.74 Å². The molecule has 1 aliphatic rings. The van der Waals surface area contributed by atoms with E-state index in [9.17, 15) is 0 Å². The van der Waals surface area contributed by atoms with Crippen LogP contribution in [-0.2, 0) is 4.74 Å². The summed E-state index contributed by atoms with van der Waals surface area (Å²) in [5.74, 6) is 1.50. The Morgan fingerprint density at radius 3 is 2.56 bits per heavy atom. The second-order valence-electron chi connectivity index (χ2n) is 6.30. The van der Waals surface area contributed by atoms with E-state index >= 15 is 0 Å². The second-order valence-corrected chi connectivity index (χ2v) is 6.94. The van der Waals surface area contributed by atoms with Crippen LogP contribution in [0.5, 0.6) is 0 Å². The molecular formula is C14H27BrO. The van der Waals surface area contributed by atoms with E-state index < -0.39 is 0 Å². The molecule has 1 rings (SSSR count). The summed E-state index contributed by atoms with van der Waals surface area (Å²) in [4.78, 5) is 0. The molecule has 0 aliphatic heterocycles. The molecule has 3 atom stereocenters. The summed E-state index contributed by atoms with van der Waals surface area (Å²) in [7, 11) is 0. The van der Waals surface area contributed by atoms with Crippen molar-refractivity contribution in [2.75, 3.05) is 11.9 Å². The minimum atomic E-state index is 0.471. The van der Waals surface area contributed by atoms with E-state index in [1.807, 2.05) is 0 Å². The molecule has 0 saturated heterocycles. The van der Waals surface area contributed by atoms with E-state index in [1.165, 1.54) is 25.7 Å². The second kappa shape index (κ2) is 6.39. The molecular weight excluding hydrogens is 264 g/mol. The Morgan fingerprint density at radius 1 is 1.38 bits per heavy atom. The highest BCUT2D eigenvalue weighted by atomic mass is 79.9. The topological polar surface area (TPSA) is 9.23 Å². The predicted molar refractivity (Wildman–Crippen MR) is 74.1 cm³/mol. The van der Waals surface area contributed by atoms with Crippen LogP contribution in [0.3, 0.4) is 0 Å². The van der Waals surface area contributed by atoms with Gasteiger partial charge in [-0.25, -0.2) is 0 Å². The van der Waals surface area contributed by atoms with Gasteiger partial charge in [-0.2, -0.15) is 0 Å². The van der Waals surface area contributed by atoms with Gasteiger partial charge < -0.3 is 4.74 Å². The van der Waals surface area contributed by atoms with Crippen LogP contribution in [0.1, 0.15) is 53.4 Å². The zero-order valence-corrected chi connectivity index (χ0v) is 12.8. The largest absolute Gasteiger partial charge is 0.378 e. The Morgan fingerprint density at radius 2 is 2.06 bits per heavy atom. The third-order valence-electron chi connectivity index (χ3n) is 3.71. The van der Waals surface area contributed by atoms with Gasteiger partial charge in [-0.05, 0) is 36.5 Å². The summed E-state index contributed by atoms with van der Waals surface area (Å²) in [6.07, 6.45) is 5.53. The summed E-state index contributed by atoms with van der Waals surface area (Å²) in [5.41, 5.74) is 0.471. The first-order valence-corrected chi connectivity index (χ1v) is 7.76. The molecule has 0 spiro atoms. The number of hydrogen-bond donors (Lipinski definition) is 0. The van der Waals surface area contributed by atoms with E-state index in [0.717, 1.165) is 17.9 Å². The van der Waals surface area contributed by atoms with Crippen LogP contribution in [0.2, 0.25) is 0 Å². The minimum absolute atomic E-state index is 0.471. The van der Waals surface area contributed by atoms with Gasteiger partial charge in [0.05, 0.1) is 12.7 Å². The molecule has 0 bridgehead atoms. The molecule has 96 valence electrons. The van der Waals surface area contributed by atoms with Crippen LogP contribution in [0, 0.1) is 17.3 Å². The van der Waals surface area contributed by atoms with Crippen LogP contribution in [0.4, 0.5) is 0 Å². The average Bonchev–Trinajstić information content (AvgIpc) is 2.16. The Hall–Kier alpha value is 0.440. The van der Waals surface area contributed by atoms with Gasteiger partial charge in [-0.3, -0.25) is 0 Å². The van der Waals surface area contributed by atoms with Crippen molar-refractivity contribution in [3.63, 3.8) is 0 Å². The van der Waals surface area contributed by atoms with Crippen molar-refractivity contribution in [3.8, 4) is 0 Å². The van der Waals surface area contributed by atoms with E-state index in [2.05, 4.69) is 43.6 Å². The highest BCUT2D eigenvalue weighted by Gasteiger charge is 2.32. The molecule has 0 aromatic carbocycles. The fraction of sp³-hybridized carbons (Fsp3) is 1.00. The lowest BCUT2D eigenvalue weighted by Gasteiger charge is -2.39. The lowest BCUT2D eigenvalue weighted by Crippen LogP contribution is -2.33. The van der Waals surface area contributed by atoms with Gasteiger partial charge in [0.2, 0.25) is 0 Å². The molecule has 1 aliphatic carbocycles. The Kier molecular flexibility index (Phi) is 5.79. The van der Waals surface area contributed by atoms with E-state index in [4.69, 9.17) is 4.74 Å². The molecule has 0 radical (unpaired) electrons. The molecule has 1 fully saturated rings. The van der Waals surface area contributed by atoms with Crippen LogP contribution < -0.4 is 0 Å². The summed E-state index contributed by atoms with van der Waals surface area (Å²) >= 11 is 3.56. The molecule has 0 aromatic heterocycles. The standard InChI is InChI=1S/C14H27BrO/c1-5-12(9-15)10-16-13-6-11(2)7-14(3,4)8-13/h11-13H,5-10H2,1-4H3. The zero-order valence-electron chi connectivity index (χ0n) is 11.3. The van der Waals surface area contributed by atoms with Gasteiger partial charge in [0.1, 0.15) is 0 Å². The summed E-state index contributed by atoms with van der Waals surface area (Å²) in [5, 5.41) is 1.06. The normalized spacial score (nSPS) is 31.3. The third-order valence-corrected chi connectivity index (χ3v) is 4.63. The predicted octanol–water partition coefficient (Wildman–Crippen LogP) is 4.64. The Labute approximate surface area is 109 Å². The smallest absolute Gasteiger partial charge is 0.0582 e. The van der Waals surface area contributed by atoms with Crippen LogP contribution >= 0.6 is 15.9 Å². The monoisotopic (exact) mass is 290 g/mol. The lowest BCUT2D eigenvalue weighted by atomic mass is 9.71. The molecule has 0 aromatic rings. The number of halogens is 1. The van der Waals surface area contributed by atoms with Crippen LogP contribution in [0.25, 0.3) is 0 Å². The number of alkyl halides is 1. The molecule has 0 heterocycles. The zero-order chi connectivity index (χ0) is 12.2. The highest BCUT2D eigenvalue weighted by Crippen LogP contribution is 2.39. The van der Waals surface area contributed by atoms with E-state index in [-0.39, 0.29) is 0 Å². The highest BCUT2D eigenvalue weighted by molar-refractivity contribution is 9.09. The fourth-order valence-corrected chi connectivity index (χ4v) is 3.57. The molecule has 2 heteroatoms. The quantitative estimate of drug-likeness (QED) is 0.671. The summed E-state index contributed by atoms with van der Waals surface area (Å²) in [6, 6.07) is 0. The summed E-state index contributed by atoms with van der Waals surface area (Å²) in [6.45, 7) is 10.3. The van der Waals surface area contributed by atoms with Crippen molar-refractivity contribution in [1.82, 2.24) is 0 Å². The van der Waals surface area contributed by atoms with Gasteiger partial charge in [0.25, 0.3) is 0 Å². The van der Waals surface area contributed by atoms with E-state index in [1.54, 1.807) is 0 Å². The van der Waals surface area contributed by atoms with Gasteiger partial charge in [0, 0.05) is 5.33 Å². The molecule has 1 saturated carbocycles. The van der Waals surface area contributed by atoms with Crippen molar-refractivity contribution in [1.29, 1.82) is 0 Å². The van der Waals surface area contributed by atoms with Crippen LogP contribution in [-0.4, -0.2) is 18.0 Å². The first-order valence-electron chi connectivity index (χ1n) is 6.64. The average molecular weight is 291 g/mol. The number of ether oxygens (including phenoxy) is 1. The van der Waals surface area contributed by atoms with Crippen molar-refractivity contribution in [3.05, 3.63) is 0 Å². The van der Waals surface area contributed by atoms with E-state index in [0.29, 0.717) is 17.4 Å². The minimum Gasteiger partial charge on any atom is -0.378 e. The Bertz CT molecular complexity index is 199. The lowest BCUT2D eigenvalue weighted by molar-refractivity contribution is -0.0340. The SMILES string of the molecule is CCC(CBr)COC1CC(C)CC(C)(C)C1. The summed E-state index contributed by atoms with van der Waals surface area (Å²) < 4.78 is 6.10. The molecule has 1 nitrogen and oxygen atoms in total. The van der Waals surface area contributed by atoms with Crippen molar-refractivity contribution in [2.45, 2.75) is 59.5 Å². The number of hydrogen-bond acceptors (Lipinski definition) is 1. The van der Waals surface area contributed by atoms with Crippen LogP contribution in [0.15, 0.2) is 0 Å². The van der Waals surface area contributed by atoms with Gasteiger partial charge in [0.15, 0.2) is 0 Å². The van der Waals surface area contributed by atoms with Gasteiger partial charge in [-0.1, -0.05) is 50.0 Å². The van der Waals surface area contributed by atoms with Gasteiger partial charge in [-0.15, -0.1) is 0 Å². The fourth-order valence-electron chi connectivity index (χ4n) is 2.93. The molecule has 0 N–H and O–H groups in total. The Balaban J connectivity index is 2.36. The van der Waals surface area contributed by atoms with Crippen molar-refractivity contribution >= 4 is 15.9 Å². The maximum atomic E-state index is 6.10. The maximum absolute atomic E-state index is 6.10. The molecule has 0 amide bonds. The number of rotatable bonds is 5. The van der Waals surface area contributed by atoms with Gasteiger partial charge >= 0.3 is 0 Å². The first kappa shape index (κ1) is 14.5. The molecule has 3 unspecified atom stereocenters. The molecule has 16 heavy (non-hydrogen) atoms. The first-order chi connectivity index (χ1) is 7.46. The van der Waals surface area contributed by atoms with Crippen molar-refractivity contribution in [2.24, 2.45) is 17.3 Å². The third kappa shape index (κ3) is 4.75. The maximum Gasteiger partial charge on any atom is 0.0582 e.